The van der Waals surface area contributed by atoms with Crippen molar-refractivity contribution in [1.29, 1.82) is 0 Å². The van der Waals surface area contributed by atoms with Gasteiger partial charge in [0.05, 0.1) is 0 Å². The molecule has 58 valence electrons. The van der Waals surface area contributed by atoms with Crippen molar-refractivity contribution in [2.45, 2.75) is 12.3 Å². The number of rotatable bonds is 2. The van der Waals surface area contributed by atoms with Gasteiger partial charge < -0.3 is 0 Å². The van der Waals surface area contributed by atoms with Crippen LogP contribution in [0.3, 0.4) is 0 Å². The Morgan fingerprint density at radius 2 is 2.40 bits per heavy atom. The van der Waals surface area contributed by atoms with Crippen molar-refractivity contribution in [2.75, 3.05) is 5.75 Å². The first-order chi connectivity index (χ1) is 4.67. The molecule has 1 N–H and O–H groups in total. The topological polar surface area (TPSA) is 46.2 Å². The zero-order valence-corrected chi connectivity index (χ0v) is 7.21. The van der Waals surface area contributed by atoms with Crippen LogP contribution >= 0.6 is 11.9 Å². The van der Waals surface area contributed by atoms with Crippen LogP contribution in [0.15, 0.2) is 11.5 Å². The quantitative estimate of drug-likeness (QED) is 0.627. The van der Waals surface area contributed by atoms with E-state index in [0.717, 1.165) is 0 Å². The normalized spacial score (nSPS) is 25.5. The Bertz CT molecular complexity index is 232. The summed E-state index contributed by atoms with van der Waals surface area (Å²) in [6.45, 7) is 1.65. The van der Waals surface area contributed by atoms with E-state index < -0.39 is 15.2 Å². The zero-order valence-electron chi connectivity index (χ0n) is 5.57. The van der Waals surface area contributed by atoms with E-state index in [1.54, 1.807) is 18.4 Å². The van der Waals surface area contributed by atoms with Crippen molar-refractivity contribution in [3.05, 3.63) is 11.5 Å². The first-order valence-corrected chi connectivity index (χ1v) is 5.56. The van der Waals surface area contributed by atoms with Crippen LogP contribution in [0.2, 0.25) is 0 Å². The second kappa shape index (κ2) is 2.94. The maximum atomic E-state index is 11.1. The molecule has 0 saturated carbocycles. The molecule has 0 saturated heterocycles. The van der Waals surface area contributed by atoms with Crippen LogP contribution in [0, 0.1) is 0 Å². The van der Waals surface area contributed by atoms with Crippen LogP contribution in [-0.4, -0.2) is 19.5 Å². The molecule has 0 amide bonds. The van der Waals surface area contributed by atoms with Crippen molar-refractivity contribution >= 4 is 21.8 Å². The second-order valence-corrected chi connectivity index (χ2v) is 5.09. The minimum atomic E-state index is -2.92. The third-order valence-electron chi connectivity index (χ3n) is 1.29. The summed E-state index contributed by atoms with van der Waals surface area (Å²) in [5.41, 5.74) is 0. The molecule has 1 atom stereocenters. The van der Waals surface area contributed by atoms with Gasteiger partial charge in [-0.1, -0.05) is 18.9 Å². The van der Waals surface area contributed by atoms with Crippen molar-refractivity contribution in [1.82, 2.24) is 4.72 Å². The average Bonchev–Trinajstić information content (AvgIpc) is 2.38. The minimum Gasteiger partial charge on any atom is -0.239 e. The van der Waals surface area contributed by atoms with Gasteiger partial charge >= 0.3 is 0 Å². The van der Waals surface area contributed by atoms with Crippen LogP contribution in [0.5, 0.6) is 0 Å². The molecule has 0 aromatic carbocycles. The van der Waals surface area contributed by atoms with Crippen LogP contribution in [0.25, 0.3) is 0 Å². The van der Waals surface area contributed by atoms with Gasteiger partial charge in [0.1, 0.15) is 5.37 Å². The van der Waals surface area contributed by atoms with Crippen molar-refractivity contribution in [3.8, 4) is 0 Å². The van der Waals surface area contributed by atoms with Gasteiger partial charge in [-0.05, 0) is 11.5 Å². The Balaban J connectivity index is 2.74. The third kappa shape index (κ3) is 1.53. The highest BCUT2D eigenvalue weighted by Gasteiger charge is 2.22. The largest absolute Gasteiger partial charge is 0.239 e. The molecule has 0 unspecified atom stereocenters. The van der Waals surface area contributed by atoms with Gasteiger partial charge in [-0.2, -0.15) is 0 Å². The van der Waals surface area contributed by atoms with E-state index in [1.807, 2.05) is 0 Å². The predicted octanol–water partition coefficient (Wildman–Crippen LogP) is 0.512. The summed E-state index contributed by atoms with van der Waals surface area (Å²) in [6, 6.07) is 0. The summed E-state index contributed by atoms with van der Waals surface area (Å²) in [7, 11) is -2.92. The molecular weight excluding hydrogens is 170 g/mol. The van der Waals surface area contributed by atoms with Crippen molar-refractivity contribution < 1.29 is 8.42 Å². The Morgan fingerprint density at radius 3 is 2.80 bits per heavy atom. The SMILES string of the molecule is CCS(=O)(=O)[C@H]1C=CSN1. The van der Waals surface area contributed by atoms with Crippen LogP contribution in [0.1, 0.15) is 6.92 Å². The fourth-order valence-electron chi connectivity index (χ4n) is 0.629. The fraction of sp³-hybridized carbons (Fsp3) is 0.600. The van der Waals surface area contributed by atoms with E-state index >= 15 is 0 Å². The van der Waals surface area contributed by atoms with E-state index in [0.29, 0.717) is 0 Å². The molecule has 0 aromatic heterocycles. The lowest BCUT2D eigenvalue weighted by atomic mass is 10.7. The van der Waals surface area contributed by atoms with Crippen molar-refractivity contribution in [3.63, 3.8) is 0 Å². The fourth-order valence-corrected chi connectivity index (χ4v) is 2.69. The van der Waals surface area contributed by atoms with Gasteiger partial charge in [0.2, 0.25) is 0 Å². The minimum absolute atomic E-state index is 0.190. The third-order valence-corrected chi connectivity index (χ3v) is 3.98. The Morgan fingerprint density at radius 1 is 1.70 bits per heavy atom. The lowest BCUT2D eigenvalue weighted by molar-refractivity contribution is 0.589. The highest BCUT2D eigenvalue weighted by Crippen LogP contribution is 2.14. The second-order valence-electron chi connectivity index (χ2n) is 1.94. The van der Waals surface area contributed by atoms with Gasteiger partial charge in [0.25, 0.3) is 0 Å². The highest BCUT2D eigenvalue weighted by molar-refractivity contribution is 8.02. The van der Waals surface area contributed by atoms with Gasteiger partial charge in [0, 0.05) is 5.75 Å². The molecule has 10 heavy (non-hydrogen) atoms. The molecular formula is C5H9NO2S2. The van der Waals surface area contributed by atoms with E-state index in [2.05, 4.69) is 4.72 Å². The first-order valence-electron chi connectivity index (χ1n) is 2.96. The lowest BCUT2D eigenvalue weighted by Crippen LogP contribution is -2.28. The Labute approximate surface area is 64.9 Å². The molecule has 1 rings (SSSR count). The summed E-state index contributed by atoms with van der Waals surface area (Å²) in [5.74, 6) is 0.190. The summed E-state index contributed by atoms with van der Waals surface area (Å²) < 4.78 is 24.9. The molecule has 0 spiro atoms. The molecule has 1 heterocycles. The van der Waals surface area contributed by atoms with Crippen LogP contribution < -0.4 is 4.72 Å². The molecule has 1 aliphatic heterocycles. The van der Waals surface area contributed by atoms with E-state index in [9.17, 15) is 8.42 Å². The number of nitrogens with one attached hydrogen (secondary N) is 1. The van der Waals surface area contributed by atoms with Gasteiger partial charge in [0.15, 0.2) is 9.84 Å². The monoisotopic (exact) mass is 179 g/mol. The van der Waals surface area contributed by atoms with Gasteiger partial charge in [-0.3, -0.25) is 0 Å². The molecule has 1 aliphatic rings. The summed E-state index contributed by atoms with van der Waals surface area (Å²) in [5, 5.41) is 1.28. The molecule has 3 nitrogen and oxygen atoms in total. The molecule has 0 aliphatic carbocycles. The molecule has 0 aromatic rings. The maximum absolute atomic E-state index is 11.1. The number of hydrogen-bond acceptors (Lipinski definition) is 4. The van der Waals surface area contributed by atoms with E-state index in [1.165, 1.54) is 11.9 Å². The predicted molar refractivity (Wildman–Crippen MR) is 43.1 cm³/mol. The zero-order chi connectivity index (χ0) is 7.61. The summed E-state index contributed by atoms with van der Waals surface area (Å²) in [4.78, 5) is 0. The smallest absolute Gasteiger partial charge is 0.170 e. The molecule has 5 heteroatoms. The van der Waals surface area contributed by atoms with Crippen molar-refractivity contribution in [2.24, 2.45) is 0 Å². The van der Waals surface area contributed by atoms with E-state index in [4.69, 9.17) is 0 Å². The standard InChI is InChI=1S/C5H9NO2S2/c1-2-10(7,8)5-3-4-9-6-5/h3-6H,2H2,1H3/t5-/m0/s1. The highest BCUT2D eigenvalue weighted by atomic mass is 32.2. The van der Waals surface area contributed by atoms with Gasteiger partial charge in [-0.25, -0.2) is 13.1 Å². The summed E-state index contributed by atoms with van der Waals surface area (Å²) in [6.07, 6.45) is 1.66. The lowest BCUT2D eigenvalue weighted by Gasteiger charge is -2.06. The molecule has 0 radical (unpaired) electrons. The number of hydrogen-bond donors (Lipinski definition) is 1. The van der Waals surface area contributed by atoms with E-state index in [-0.39, 0.29) is 5.75 Å². The van der Waals surface area contributed by atoms with Crippen LogP contribution in [0.4, 0.5) is 0 Å². The number of sulfone groups is 1. The Kier molecular flexibility index (Phi) is 2.38. The Hall–Kier alpha value is -0.0000000000000000763. The van der Waals surface area contributed by atoms with Crippen LogP contribution in [-0.2, 0) is 9.84 Å². The maximum Gasteiger partial charge on any atom is 0.170 e. The average molecular weight is 179 g/mol. The molecule has 0 bridgehead atoms. The molecule has 0 fully saturated rings. The van der Waals surface area contributed by atoms with Gasteiger partial charge in [-0.15, -0.1) is 0 Å². The first kappa shape index (κ1) is 8.10. The summed E-state index contributed by atoms with van der Waals surface area (Å²) >= 11 is 1.31.